The van der Waals surface area contributed by atoms with Crippen molar-refractivity contribution in [3.63, 3.8) is 0 Å². The lowest BCUT2D eigenvalue weighted by Gasteiger charge is -2.28. The van der Waals surface area contributed by atoms with Gasteiger partial charge in [0.1, 0.15) is 24.2 Å². The summed E-state index contributed by atoms with van der Waals surface area (Å²) in [5.74, 6) is -3.04. The monoisotopic (exact) mass is 448 g/mol. The normalized spacial score (nSPS) is 16.1. The molecule has 174 valence electrons. The van der Waals surface area contributed by atoms with E-state index in [4.69, 9.17) is 10.8 Å². The summed E-state index contributed by atoms with van der Waals surface area (Å²) in [6.07, 6.45) is 2.71. The van der Waals surface area contributed by atoms with Crippen LogP contribution in [0.5, 0.6) is 0 Å². The van der Waals surface area contributed by atoms with E-state index in [9.17, 15) is 24.3 Å². The molecule has 0 radical (unpaired) electrons. The van der Waals surface area contributed by atoms with Gasteiger partial charge in [-0.05, 0) is 30.3 Å². The second-order valence-electron chi connectivity index (χ2n) is 7.57. The molecule has 0 fully saturated rings. The predicted molar refractivity (Wildman–Crippen MR) is 116 cm³/mol. The first-order valence-corrected chi connectivity index (χ1v) is 11.4. The number of amides is 3. The zero-order valence-corrected chi connectivity index (χ0v) is 19.1. The zero-order chi connectivity index (χ0) is 23.4. The van der Waals surface area contributed by atoms with E-state index in [-0.39, 0.29) is 11.8 Å². The van der Waals surface area contributed by atoms with Crippen molar-refractivity contribution in [3.8, 4) is 0 Å². The van der Waals surface area contributed by atoms with Gasteiger partial charge in [-0.1, -0.05) is 34.1 Å². The number of thioether (sulfide) groups is 1. The van der Waals surface area contributed by atoms with Crippen LogP contribution in [0.2, 0.25) is 0 Å². The number of nitrogens with one attached hydrogen (secondary N) is 3. The highest BCUT2D eigenvalue weighted by atomic mass is 32.2. The van der Waals surface area contributed by atoms with E-state index < -0.39 is 54.5 Å². The van der Waals surface area contributed by atoms with Crippen LogP contribution in [0.25, 0.3) is 0 Å². The van der Waals surface area contributed by atoms with Crippen molar-refractivity contribution in [2.24, 2.45) is 17.6 Å². The summed E-state index contributed by atoms with van der Waals surface area (Å²) in [5, 5.41) is 26.0. The van der Waals surface area contributed by atoms with Gasteiger partial charge in [0.05, 0.1) is 6.61 Å². The molecule has 10 nitrogen and oxygen atoms in total. The molecule has 0 aliphatic carbocycles. The number of carbonyl (C=O) groups excluding carboxylic acids is 3. The summed E-state index contributed by atoms with van der Waals surface area (Å²) in [5.41, 5.74) is 5.50. The summed E-state index contributed by atoms with van der Waals surface area (Å²) in [7, 11) is 0. The Morgan fingerprint density at radius 2 is 1.53 bits per heavy atom. The molecule has 11 heteroatoms. The second kappa shape index (κ2) is 14.2. The van der Waals surface area contributed by atoms with Gasteiger partial charge < -0.3 is 31.9 Å². The lowest BCUT2D eigenvalue weighted by Crippen LogP contribution is -2.59. The maximum Gasteiger partial charge on any atom is 0.326 e. The Hall–Kier alpha value is -1.85. The van der Waals surface area contributed by atoms with Crippen molar-refractivity contribution in [2.45, 2.75) is 64.7 Å². The fourth-order valence-corrected chi connectivity index (χ4v) is 3.05. The van der Waals surface area contributed by atoms with Gasteiger partial charge in [-0.25, -0.2) is 4.79 Å². The maximum absolute atomic E-state index is 12.8. The molecule has 0 bridgehead atoms. The number of hydrogen-bond donors (Lipinski definition) is 6. The number of rotatable bonds is 14. The van der Waals surface area contributed by atoms with Crippen molar-refractivity contribution < 1.29 is 29.4 Å². The molecule has 7 N–H and O–H groups in total. The van der Waals surface area contributed by atoms with Gasteiger partial charge in [0.2, 0.25) is 17.7 Å². The summed E-state index contributed by atoms with van der Waals surface area (Å²) >= 11 is 1.48. The molecule has 0 aromatic heterocycles. The molecule has 0 heterocycles. The van der Waals surface area contributed by atoms with Gasteiger partial charge in [-0.3, -0.25) is 14.4 Å². The standard InChI is InChI=1S/C19H36N4O6S/c1-6-11(4)15(19(28)29)23-18(27)14(10(2)3)22-17(26)13(7-8-30-5)21-16(25)12(20)9-24/h10-15,24H,6-9,20H2,1-5H3,(H,21,25)(H,22,26)(H,23,27)(H,28,29). The summed E-state index contributed by atoms with van der Waals surface area (Å²) in [4.78, 5) is 49.0. The fourth-order valence-electron chi connectivity index (χ4n) is 2.58. The molecule has 0 rings (SSSR count). The van der Waals surface area contributed by atoms with Crippen LogP contribution >= 0.6 is 11.8 Å². The van der Waals surface area contributed by atoms with Crippen molar-refractivity contribution in [3.05, 3.63) is 0 Å². The Kier molecular flexibility index (Phi) is 13.3. The molecule has 0 saturated heterocycles. The minimum absolute atomic E-state index is 0.288. The number of carboxylic acid groups (broad SMARTS) is 1. The van der Waals surface area contributed by atoms with Crippen LogP contribution < -0.4 is 21.7 Å². The number of nitrogens with two attached hydrogens (primary N) is 1. The van der Waals surface area contributed by atoms with Gasteiger partial charge in [-0.2, -0.15) is 11.8 Å². The summed E-state index contributed by atoms with van der Waals surface area (Å²) < 4.78 is 0. The van der Waals surface area contributed by atoms with Gasteiger partial charge in [0.15, 0.2) is 0 Å². The third-order valence-electron chi connectivity index (χ3n) is 4.80. The third kappa shape index (κ3) is 9.31. The summed E-state index contributed by atoms with van der Waals surface area (Å²) in [6.45, 7) is 6.43. The molecule has 0 saturated carbocycles. The number of hydrogen-bond acceptors (Lipinski definition) is 7. The van der Waals surface area contributed by atoms with Gasteiger partial charge in [-0.15, -0.1) is 0 Å². The molecule has 0 spiro atoms. The van der Waals surface area contributed by atoms with Crippen LogP contribution in [0.4, 0.5) is 0 Å². The van der Waals surface area contributed by atoms with E-state index in [2.05, 4.69) is 16.0 Å². The Morgan fingerprint density at radius 1 is 0.967 bits per heavy atom. The minimum atomic E-state index is -1.16. The topological polar surface area (TPSA) is 171 Å². The number of aliphatic carboxylic acids is 1. The molecule has 0 aliphatic rings. The van der Waals surface area contributed by atoms with E-state index in [1.165, 1.54) is 11.8 Å². The highest BCUT2D eigenvalue weighted by molar-refractivity contribution is 7.98. The first kappa shape index (κ1) is 28.1. The largest absolute Gasteiger partial charge is 0.480 e. The van der Waals surface area contributed by atoms with Crippen molar-refractivity contribution in [2.75, 3.05) is 18.6 Å². The lowest BCUT2D eigenvalue weighted by atomic mass is 9.97. The molecule has 0 aromatic rings. The number of aliphatic hydroxyl groups is 1. The van der Waals surface area contributed by atoms with Crippen molar-refractivity contribution >= 4 is 35.5 Å². The minimum Gasteiger partial charge on any atom is -0.480 e. The maximum atomic E-state index is 12.8. The van der Waals surface area contributed by atoms with Crippen molar-refractivity contribution in [1.29, 1.82) is 0 Å². The molecule has 3 amide bonds. The molecule has 0 aromatic carbocycles. The Labute approximate surface area is 182 Å². The van der Waals surface area contributed by atoms with Crippen LogP contribution in [0.3, 0.4) is 0 Å². The molecule has 30 heavy (non-hydrogen) atoms. The quantitative estimate of drug-likeness (QED) is 0.202. The van der Waals surface area contributed by atoms with Crippen LogP contribution in [0.15, 0.2) is 0 Å². The van der Waals surface area contributed by atoms with E-state index in [1.807, 2.05) is 13.2 Å². The molecular formula is C19H36N4O6S. The van der Waals surface area contributed by atoms with Gasteiger partial charge in [0, 0.05) is 0 Å². The lowest BCUT2D eigenvalue weighted by molar-refractivity contribution is -0.144. The average molecular weight is 449 g/mol. The highest BCUT2D eigenvalue weighted by Gasteiger charge is 2.33. The summed E-state index contributed by atoms with van der Waals surface area (Å²) in [6, 6.07) is -4.16. The second-order valence-corrected chi connectivity index (χ2v) is 8.56. The van der Waals surface area contributed by atoms with Crippen LogP contribution in [-0.2, 0) is 19.2 Å². The molecule has 0 aliphatic heterocycles. The number of aliphatic hydroxyl groups excluding tert-OH is 1. The zero-order valence-electron chi connectivity index (χ0n) is 18.3. The van der Waals surface area contributed by atoms with Crippen LogP contribution in [0, 0.1) is 11.8 Å². The molecule has 5 unspecified atom stereocenters. The first-order chi connectivity index (χ1) is 14.0. The van der Waals surface area contributed by atoms with E-state index in [0.717, 1.165) is 0 Å². The highest BCUT2D eigenvalue weighted by Crippen LogP contribution is 2.11. The van der Waals surface area contributed by atoms with E-state index in [1.54, 1.807) is 20.8 Å². The average Bonchev–Trinajstić information content (AvgIpc) is 2.70. The van der Waals surface area contributed by atoms with Crippen LogP contribution in [0.1, 0.15) is 40.5 Å². The Balaban J connectivity index is 5.37. The number of carboxylic acids is 1. The smallest absolute Gasteiger partial charge is 0.326 e. The fraction of sp³-hybridized carbons (Fsp3) is 0.789. The van der Waals surface area contributed by atoms with Crippen LogP contribution in [-0.4, -0.2) is 76.7 Å². The SMILES string of the molecule is CCC(C)C(NC(=O)C(NC(=O)C(CCSC)NC(=O)C(N)CO)C(C)C)C(=O)O. The Bertz CT molecular complexity index is 589. The van der Waals surface area contributed by atoms with Gasteiger partial charge >= 0.3 is 5.97 Å². The van der Waals surface area contributed by atoms with E-state index in [0.29, 0.717) is 18.6 Å². The predicted octanol–water partition coefficient (Wildman–Crippen LogP) is -0.700. The third-order valence-corrected chi connectivity index (χ3v) is 5.44. The first-order valence-electron chi connectivity index (χ1n) is 9.99. The van der Waals surface area contributed by atoms with Gasteiger partial charge in [0.25, 0.3) is 0 Å². The molecule has 5 atom stereocenters. The van der Waals surface area contributed by atoms with E-state index >= 15 is 0 Å². The Morgan fingerprint density at radius 3 is 1.97 bits per heavy atom. The number of carbonyl (C=O) groups is 4. The molecular weight excluding hydrogens is 412 g/mol. The van der Waals surface area contributed by atoms with Crippen molar-refractivity contribution in [1.82, 2.24) is 16.0 Å².